The summed E-state index contributed by atoms with van der Waals surface area (Å²) in [5, 5.41) is 10.6. The van der Waals surface area contributed by atoms with Gasteiger partial charge in [0.2, 0.25) is 0 Å². The molecule has 0 spiro atoms. The predicted molar refractivity (Wildman–Crippen MR) is 83.2 cm³/mol. The summed E-state index contributed by atoms with van der Waals surface area (Å²) in [5.41, 5.74) is 9.11. The third kappa shape index (κ3) is 2.48. The maximum atomic E-state index is 11.6. The van der Waals surface area contributed by atoms with Gasteiger partial charge in [-0.1, -0.05) is 36.4 Å². The Morgan fingerprint density at radius 2 is 1.86 bits per heavy atom. The molecular formula is C17H16N2O2. The maximum absolute atomic E-state index is 11.6. The van der Waals surface area contributed by atoms with E-state index in [1.165, 1.54) is 0 Å². The number of nitrogen functional groups attached to an aromatic ring is 1. The molecule has 0 radical (unpaired) electrons. The van der Waals surface area contributed by atoms with Crippen LogP contribution in [0.2, 0.25) is 0 Å². The van der Waals surface area contributed by atoms with E-state index in [0.29, 0.717) is 17.7 Å². The number of aliphatic carboxylic acids is 1. The quantitative estimate of drug-likeness (QED) is 0.642. The minimum atomic E-state index is -0.863. The van der Waals surface area contributed by atoms with E-state index in [1.807, 2.05) is 42.6 Å². The lowest BCUT2D eigenvalue weighted by Gasteiger charge is -2.14. The molecule has 2 aromatic carbocycles. The number of carboxylic acid groups (broad SMARTS) is 1. The van der Waals surface area contributed by atoms with Gasteiger partial charge >= 0.3 is 5.97 Å². The summed E-state index contributed by atoms with van der Waals surface area (Å²) in [6, 6.07) is 15.0. The van der Waals surface area contributed by atoms with E-state index in [1.54, 1.807) is 12.1 Å². The molecule has 0 bridgehead atoms. The summed E-state index contributed by atoms with van der Waals surface area (Å²) in [7, 11) is 0. The zero-order valence-corrected chi connectivity index (χ0v) is 11.4. The average molecular weight is 280 g/mol. The largest absolute Gasteiger partial charge is 0.481 e. The van der Waals surface area contributed by atoms with Crippen molar-refractivity contribution in [2.75, 3.05) is 5.73 Å². The second-order valence-corrected chi connectivity index (χ2v) is 5.08. The van der Waals surface area contributed by atoms with Crippen LogP contribution in [0.4, 0.5) is 5.69 Å². The minimum Gasteiger partial charge on any atom is -0.481 e. The molecule has 0 aliphatic carbocycles. The lowest BCUT2D eigenvalue weighted by molar-refractivity contribution is -0.138. The van der Waals surface area contributed by atoms with E-state index < -0.39 is 11.9 Å². The summed E-state index contributed by atoms with van der Waals surface area (Å²) >= 11 is 0. The van der Waals surface area contributed by atoms with Gasteiger partial charge < -0.3 is 15.8 Å². The second kappa shape index (κ2) is 5.32. The number of para-hydroxylation sites is 2. The van der Waals surface area contributed by atoms with Crippen LogP contribution in [0.5, 0.6) is 0 Å². The van der Waals surface area contributed by atoms with Gasteiger partial charge in [-0.2, -0.15) is 0 Å². The predicted octanol–water partition coefficient (Wildman–Crippen LogP) is 3.16. The molecule has 0 fully saturated rings. The van der Waals surface area contributed by atoms with Gasteiger partial charge in [-0.15, -0.1) is 0 Å². The number of aromatic nitrogens is 1. The van der Waals surface area contributed by atoms with Crippen molar-refractivity contribution in [3.05, 3.63) is 65.9 Å². The molecule has 106 valence electrons. The van der Waals surface area contributed by atoms with Crippen molar-refractivity contribution in [2.24, 2.45) is 0 Å². The van der Waals surface area contributed by atoms with Crippen molar-refractivity contribution in [1.29, 1.82) is 0 Å². The Hall–Kier alpha value is -2.75. The van der Waals surface area contributed by atoms with Crippen molar-refractivity contribution in [3.63, 3.8) is 0 Å². The molecule has 1 unspecified atom stereocenters. The number of carboxylic acids is 1. The number of hydrogen-bond donors (Lipinski definition) is 3. The molecular weight excluding hydrogens is 264 g/mol. The molecule has 0 aliphatic rings. The first-order valence-corrected chi connectivity index (χ1v) is 6.79. The van der Waals surface area contributed by atoms with Crippen LogP contribution < -0.4 is 5.73 Å². The Bertz CT molecular complexity index is 792. The molecule has 0 aliphatic heterocycles. The fourth-order valence-corrected chi connectivity index (χ4v) is 2.68. The van der Waals surface area contributed by atoms with Crippen molar-refractivity contribution in [2.45, 2.75) is 12.3 Å². The monoisotopic (exact) mass is 280 g/mol. The molecule has 4 nitrogen and oxygen atoms in total. The second-order valence-electron chi connectivity index (χ2n) is 5.08. The highest BCUT2D eigenvalue weighted by Crippen LogP contribution is 2.29. The molecule has 4 N–H and O–H groups in total. The maximum Gasteiger partial charge on any atom is 0.311 e. The molecule has 1 heterocycles. The normalized spacial score (nSPS) is 12.4. The standard InChI is InChI=1S/C17H16N2O2/c18-15-7-3-1-6-13(15)14(17(20)21)9-11-10-19-16-8-4-2-5-12(11)16/h1-8,10,14,19H,9,18H2,(H,20,21). The van der Waals surface area contributed by atoms with Crippen LogP contribution in [0.3, 0.4) is 0 Å². The number of nitrogens with one attached hydrogen (secondary N) is 1. The summed E-state index contributed by atoms with van der Waals surface area (Å²) < 4.78 is 0. The fourth-order valence-electron chi connectivity index (χ4n) is 2.68. The van der Waals surface area contributed by atoms with Gasteiger partial charge in [-0.3, -0.25) is 4.79 Å². The first-order chi connectivity index (χ1) is 10.2. The third-order valence-electron chi connectivity index (χ3n) is 3.77. The minimum absolute atomic E-state index is 0.410. The molecule has 0 saturated heterocycles. The fraction of sp³-hybridized carbons (Fsp3) is 0.118. The Labute approximate surface area is 122 Å². The van der Waals surface area contributed by atoms with Gasteiger partial charge in [0.15, 0.2) is 0 Å². The number of benzene rings is 2. The number of rotatable bonds is 4. The van der Waals surface area contributed by atoms with Crippen LogP contribution in [0.15, 0.2) is 54.7 Å². The molecule has 1 aromatic heterocycles. The zero-order valence-electron chi connectivity index (χ0n) is 11.4. The highest BCUT2D eigenvalue weighted by molar-refractivity contribution is 5.85. The summed E-state index contributed by atoms with van der Waals surface area (Å²) in [5.74, 6) is -1.51. The number of fused-ring (bicyclic) bond motifs is 1. The molecule has 3 aromatic rings. The summed E-state index contributed by atoms with van der Waals surface area (Å²) in [6.45, 7) is 0. The number of nitrogens with two attached hydrogens (primary N) is 1. The Morgan fingerprint density at radius 1 is 1.14 bits per heavy atom. The number of aromatic amines is 1. The van der Waals surface area contributed by atoms with Crippen LogP contribution in [-0.4, -0.2) is 16.1 Å². The van der Waals surface area contributed by atoms with E-state index in [0.717, 1.165) is 16.5 Å². The Balaban J connectivity index is 2.00. The molecule has 0 amide bonds. The van der Waals surface area contributed by atoms with Crippen LogP contribution in [0.1, 0.15) is 17.0 Å². The van der Waals surface area contributed by atoms with Crippen molar-refractivity contribution in [1.82, 2.24) is 4.98 Å². The summed E-state index contributed by atoms with van der Waals surface area (Å²) in [4.78, 5) is 14.8. The molecule has 1 atom stereocenters. The molecule has 4 heteroatoms. The molecule has 3 rings (SSSR count). The number of anilines is 1. The number of H-pyrrole nitrogens is 1. The van der Waals surface area contributed by atoms with Crippen LogP contribution in [-0.2, 0) is 11.2 Å². The van der Waals surface area contributed by atoms with E-state index >= 15 is 0 Å². The van der Waals surface area contributed by atoms with Gasteiger partial charge in [0.1, 0.15) is 0 Å². The molecule has 21 heavy (non-hydrogen) atoms. The summed E-state index contributed by atoms with van der Waals surface area (Å²) in [6.07, 6.45) is 2.29. The SMILES string of the molecule is Nc1ccccc1C(Cc1c[nH]c2ccccc12)C(=O)O. The van der Waals surface area contributed by atoms with E-state index in [4.69, 9.17) is 5.73 Å². The van der Waals surface area contributed by atoms with Crippen molar-refractivity contribution < 1.29 is 9.90 Å². The van der Waals surface area contributed by atoms with Gasteiger partial charge in [0, 0.05) is 22.8 Å². The highest BCUT2D eigenvalue weighted by Gasteiger charge is 2.23. The van der Waals surface area contributed by atoms with Gasteiger partial charge in [0.05, 0.1) is 5.92 Å². The average Bonchev–Trinajstić information content (AvgIpc) is 2.89. The highest BCUT2D eigenvalue weighted by atomic mass is 16.4. The van der Waals surface area contributed by atoms with E-state index in [2.05, 4.69) is 4.98 Å². The number of carbonyl (C=O) groups is 1. The smallest absolute Gasteiger partial charge is 0.311 e. The third-order valence-corrected chi connectivity index (χ3v) is 3.77. The topological polar surface area (TPSA) is 79.1 Å². The number of hydrogen-bond acceptors (Lipinski definition) is 2. The van der Waals surface area contributed by atoms with Crippen LogP contribution in [0.25, 0.3) is 10.9 Å². The Morgan fingerprint density at radius 3 is 2.62 bits per heavy atom. The first-order valence-electron chi connectivity index (χ1n) is 6.79. The lowest BCUT2D eigenvalue weighted by atomic mass is 9.91. The molecule has 0 saturated carbocycles. The van der Waals surface area contributed by atoms with Crippen LogP contribution >= 0.6 is 0 Å². The van der Waals surface area contributed by atoms with Gasteiger partial charge in [0.25, 0.3) is 0 Å². The van der Waals surface area contributed by atoms with Crippen molar-refractivity contribution >= 4 is 22.6 Å². The van der Waals surface area contributed by atoms with Gasteiger partial charge in [-0.25, -0.2) is 0 Å². The lowest BCUT2D eigenvalue weighted by Crippen LogP contribution is -2.16. The van der Waals surface area contributed by atoms with Crippen LogP contribution in [0, 0.1) is 0 Å². The first kappa shape index (κ1) is 13.2. The van der Waals surface area contributed by atoms with Crippen molar-refractivity contribution in [3.8, 4) is 0 Å². The van der Waals surface area contributed by atoms with E-state index in [-0.39, 0.29) is 0 Å². The Kier molecular flexibility index (Phi) is 3.36. The zero-order chi connectivity index (χ0) is 14.8. The van der Waals surface area contributed by atoms with E-state index in [9.17, 15) is 9.90 Å². The van der Waals surface area contributed by atoms with Gasteiger partial charge in [-0.05, 0) is 29.7 Å².